The van der Waals surface area contributed by atoms with E-state index < -0.39 is 0 Å². The predicted octanol–water partition coefficient (Wildman–Crippen LogP) is 3.52. The lowest BCUT2D eigenvalue weighted by Gasteiger charge is -2.09. The summed E-state index contributed by atoms with van der Waals surface area (Å²) in [4.78, 5) is 11.9. The molecule has 0 aliphatic heterocycles. The highest BCUT2D eigenvalue weighted by atomic mass is 32.1. The van der Waals surface area contributed by atoms with Crippen LogP contribution < -0.4 is 5.32 Å². The van der Waals surface area contributed by atoms with Gasteiger partial charge >= 0.3 is 0 Å². The molecule has 2 N–H and O–H groups in total. The van der Waals surface area contributed by atoms with Gasteiger partial charge in [0.05, 0.1) is 11.7 Å². The molecule has 2 heterocycles. The first kappa shape index (κ1) is 13.9. The topological polar surface area (TPSA) is 53.6 Å². The van der Waals surface area contributed by atoms with Gasteiger partial charge in [-0.2, -0.15) is 0 Å². The fourth-order valence-electron chi connectivity index (χ4n) is 1.98. The Kier molecular flexibility index (Phi) is 4.08. The van der Waals surface area contributed by atoms with E-state index in [2.05, 4.69) is 20.3 Å². The van der Waals surface area contributed by atoms with Gasteiger partial charge in [-0.1, -0.05) is 0 Å². The normalized spacial score (nSPS) is 12.5. The molecule has 0 saturated carbocycles. The Morgan fingerprint density at radius 1 is 1.33 bits per heavy atom. The first-order valence-corrected chi connectivity index (χ1v) is 7.53. The van der Waals surface area contributed by atoms with Gasteiger partial charge in [0.2, 0.25) is 0 Å². The SMILES string of the molecule is CC(NCc1csc(-c2ccc(F)cc2)n1)c1ncc[nH]1. The van der Waals surface area contributed by atoms with E-state index in [0.29, 0.717) is 6.54 Å². The number of nitrogens with zero attached hydrogens (tertiary/aromatic N) is 2. The first-order valence-electron chi connectivity index (χ1n) is 6.65. The number of hydrogen-bond acceptors (Lipinski definition) is 4. The first-order chi connectivity index (χ1) is 10.2. The summed E-state index contributed by atoms with van der Waals surface area (Å²) in [6.07, 6.45) is 3.55. The molecular formula is C15H15FN4S. The van der Waals surface area contributed by atoms with Crippen molar-refractivity contribution in [3.63, 3.8) is 0 Å². The number of aromatic amines is 1. The highest BCUT2D eigenvalue weighted by molar-refractivity contribution is 7.13. The maximum atomic E-state index is 12.9. The second-order valence-electron chi connectivity index (χ2n) is 4.73. The van der Waals surface area contributed by atoms with Crippen molar-refractivity contribution < 1.29 is 4.39 Å². The second-order valence-corrected chi connectivity index (χ2v) is 5.59. The quantitative estimate of drug-likeness (QED) is 0.758. The number of rotatable bonds is 5. The summed E-state index contributed by atoms with van der Waals surface area (Å²) in [5, 5.41) is 6.28. The standard InChI is InChI=1S/C15H15FN4S/c1-10(14-17-6-7-18-14)19-8-13-9-21-15(20-13)11-2-4-12(16)5-3-11/h2-7,9-10,19H,8H2,1H3,(H,17,18). The van der Waals surface area contributed by atoms with Crippen LogP contribution in [0.25, 0.3) is 10.6 Å². The lowest BCUT2D eigenvalue weighted by molar-refractivity contribution is 0.546. The number of hydrogen-bond donors (Lipinski definition) is 2. The molecule has 2 aromatic heterocycles. The zero-order valence-corrected chi connectivity index (χ0v) is 12.3. The maximum absolute atomic E-state index is 12.9. The number of thiazole rings is 1. The van der Waals surface area contributed by atoms with Crippen LogP contribution >= 0.6 is 11.3 Å². The number of imidazole rings is 1. The Balaban J connectivity index is 1.64. The van der Waals surface area contributed by atoms with E-state index in [-0.39, 0.29) is 11.9 Å². The van der Waals surface area contributed by atoms with Crippen molar-refractivity contribution in [1.29, 1.82) is 0 Å². The summed E-state index contributed by atoms with van der Waals surface area (Å²) in [6, 6.07) is 6.53. The van der Waals surface area contributed by atoms with Gasteiger partial charge in [0.1, 0.15) is 16.6 Å². The minimum Gasteiger partial charge on any atom is -0.347 e. The minimum atomic E-state index is -0.232. The second kappa shape index (κ2) is 6.15. The molecular weight excluding hydrogens is 287 g/mol. The molecule has 0 radical (unpaired) electrons. The monoisotopic (exact) mass is 302 g/mol. The molecule has 0 bridgehead atoms. The maximum Gasteiger partial charge on any atom is 0.123 e. The minimum absolute atomic E-state index is 0.135. The lowest BCUT2D eigenvalue weighted by atomic mass is 10.2. The van der Waals surface area contributed by atoms with Gasteiger partial charge in [-0.05, 0) is 31.2 Å². The fraction of sp³-hybridized carbons (Fsp3) is 0.200. The largest absolute Gasteiger partial charge is 0.347 e. The van der Waals surface area contributed by atoms with Crippen molar-refractivity contribution in [2.45, 2.75) is 19.5 Å². The Hall–Kier alpha value is -2.05. The van der Waals surface area contributed by atoms with Crippen molar-refractivity contribution in [1.82, 2.24) is 20.3 Å². The van der Waals surface area contributed by atoms with Gasteiger partial charge < -0.3 is 10.3 Å². The Morgan fingerprint density at radius 3 is 2.86 bits per heavy atom. The van der Waals surface area contributed by atoms with Crippen LogP contribution in [0.4, 0.5) is 4.39 Å². The van der Waals surface area contributed by atoms with Gasteiger partial charge in [-0.3, -0.25) is 0 Å². The van der Waals surface area contributed by atoms with Crippen molar-refractivity contribution in [2.75, 3.05) is 0 Å². The van der Waals surface area contributed by atoms with Crippen LogP contribution in [-0.2, 0) is 6.54 Å². The number of H-pyrrole nitrogens is 1. The fourth-order valence-corrected chi connectivity index (χ4v) is 2.81. The molecule has 0 fully saturated rings. The zero-order valence-electron chi connectivity index (χ0n) is 11.5. The highest BCUT2D eigenvalue weighted by Crippen LogP contribution is 2.24. The van der Waals surface area contributed by atoms with Crippen LogP contribution in [0.2, 0.25) is 0 Å². The number of halogens is 1. The van der Waals surface area contributed by atoms with Crippen molar-refractivity contribution in [2.24, 2.45) is 0 Å². The number of nitrogens with one attached hydrogen (secondary N) is 2. The molecule has 0 aliphatic carbocycles. The summed E-state index contributed by atoms with van der Waals surface area (Å²) in [5.74, 6) is 0.674. The van der Waals surface area contributed by atoms with E-state index in [1.54, 1.807) is 29.7 Å². The molecule has 0 aliphatic rings. The van der Waals surface area contributed by atoms with Crippen LogP contribution in [0.5, 0.6) is 0 Å². The number of benzene rings is 1. The van der Waals surface area contributed by atoms with E-state index >= 15 is 0 Å². The van der Waals surface area contributed by atoms with Crippen molar-refractivity contribution in [3.05, 3.63) is 59.4 Å². The van der Waals surface area contributed by atoms with Crippen LogP contribution in [0.1, 0.15) is 24.5 Å². The molecule has 3 rings (SSSR count). The van der Waals surface area contributed by atoms with Crippen LogP contribution in [0.3, 0.4) is 0 Å². The zero-order chi connectivity index (χ0) is 14.7. The molecule has 21 heavy (non-hydrogen) atoms. The summed E-state index contributed by atoms with van der Waals surface area (Å²) in [6.45, 7) is 2.71. The highest BCUT2D eigenvalue weighted by Gasteiger charge is 2.09. The van der Waals surface area contributed by atoms with Crippen LogP contribution in [0, 0.1) is 5.82 Å². The van der Waals surface area contributed by atoms with Crippen LogP contribution in [-0.4, -0.2) is 15.0 Å². The summed E-state index contributed by atoms with van der Waals surface area (Å²) >= 11 is 1.56. The molecule has 1 unspecified atom stereocenters. The average molecular weight is 302 g/mol. The van der Waals surface area contributed by atoms with Gasteiger partial charge in [-0.15, -0.1) is 11.3 Å². The third-order valence-corrected chi connectivity index (χ3v) is 4.10. The lowest BCUT2D eigenvalue weighted by Crippen LogP contribution is -2.19. The molecule has 6 heteroatoms. The average Bonchev–Trinajstić information content (AvgIpc) is 3.17. The Labute approximate surface area is 126 Å². The van der Waals surface area contributed by atoms with Gasteiger partial charge in [0.25, 0.3) is 0 Å². The van der Waals surface area contributed by atoms with Crippen molar-refractivity contribution >= 4 is 11.3 Å². The molecule has 0 saturated heterocycles. The number of aromatic nitrogens is 3. The summed E-state index contributed by atoms with van der Waals surface area (Å²) in [7, 11) is 0. The van der Waals surface area contributed by atoms with E-state index in [9.17, 15) is 4.39 Å². The molecule has 0 spiro atoms. The van der Waals surface area contributed by atoms with E-state index in [1.807, 2.05) is 18.5 Å². The van der Waals surface area contributed by atoms with E-state index in [1.165, 1.54) is 12.1 Å². The molecule has 0 amide bonds. The van der Waals surface area contributed by atoms with Crippen molar-refractivity contribution in [3.8, 4) is 10.6 Å². The molecule has 1 atom stereocenters. The third kappa shape index (κ3) is 3.34. The summed E-state index contributed by atoms with van der Waals surface area (Å²) < 4.78 is 12.9. The van der Waals surface area contributed by atoms with E-state index in [4.69, 9.17) is 0 Å². The Bertz CT molecular complexity index is 691. The molecule has 1 aromatic carbocycles. The smallest absolute Gasteiger partial charge is 0.123 e. The van der Waals surface area contributed by atoms with Gasteiger partial charge in [-0.25, -0.2) is 14.4 Å². The van der Waals surface area contributed by atoms with E-state index in [0.717, 1.165) is 22.1 Å². The Morgan fingerprint density at radius 2 is 2.14 bits per heavy atom. The van der Waals surface area contributed by atoms with Gasteiger partial charge in [0.15, 0.2) is 0 Å². The summed E-state index contributed by atoms with van der Waals surface area (Å²) in [5.41, 5.74) is 1.91. The molecule has 3 aromatic rings. The molecule has 4 nitrogen and oxygen atoms in total. The van der Waals surface area contributed by atoms with Crippen LogP contribution in [0.15, 0.2) is 42.0 Å². The van der Waals surface area contributed by atoms with Gasteiger partial charge in [0, 0.05) is 29.9 Å². The third-order valence-electron chi connectivity index (χ3n) is 3.16. The molecule has 108 valence electrons. The predicted molar refractivity (Wildman–Crippen MR) is 81.4 cm³/mol.